The maximum atomic E-state index is 5.60. The molecule has 0 aliphatic rings. The minimum absolute atomic E-state index is 0.622. The molecule has 0 aliphatic carbocycles. The van der Waals surface area contributed by atoms with Gasteiger partial charge in [-0.25, -0.2) is 4.52 Å². The molecule has 15 heavy (non-hydrogen) atoms. The second-order valence-electron chi connectivity index (χ2n) is 3.49. The topological polar surface area (TPSA) is 72.0 Å². The van der Waals surface area contributed by atoms with Gasteiger partial charge in [-0.05, 0) is 19.0 Å². The minimum atomic E-state index is 0.622. The lowest BCUT2D eigenvalue weighted by Gasteiger charge is -1.94. The lowest BCUT2D eigenvalue weighted by molar-refractivity contribution is 0.843. The first-order chi connectivity index (χ1) is 7.42. The Balaban J connectivity index is 2.47. The number of aromatic nitrogens is 4. The van der Waals surface area contributed by atoms with E-state index in [2.05, 4.69) is 21.6 Å². The molecule has 0 fully saturated rings. The molecule has 2 aromatic heterocycles. The van der Waals surface area contributed by atoms with Crippen molar-refractivity contribution in [1.29, 1.82) is 0 Å². The Morgan fingerprint density at radius 2 is 2.20 bits per heavy atom. The number of tetrazole rings is 1. The molecule has 5 nitrogen and oxygen atoms in total. The number of fused-ring (bicyclic) bond motifs is 3. The van der Waals surface area contributed by atoms with Crippen molar-refractivity contribution in [1.82, 2.24) is 20.0 Å². The van der Waals surface area contributed by atoms with Crippen molar-refractivity contribution >= 4 is 16.6 Å². The van der Waals surface area contributed by atoms with Gasteiger partial charge in [0.2, 0.25) is 0 Å². The Kier molecular flexibility index (Phi) is 1.72. The van der Waals surface area contributed by atoms with E-state index in [1.807, 2.05) is 22.7 Å². The summed E-state index contributed by atoms with van der Waals surface area (Å²) in [7, 11) is 0. The van der Waals surface area contributed by atoms with E-state index in [0.717, 1.165) is 17.6 Å². The number of nitrogens with two attached hydrogens (primary N) is 1. The van der Waals surface area contributed by atoms with E-state index in [9.17, 15) is 0 Å². The first-order valence-electron chi connectivity index (χ1n) is 4.91. The van der Waals surface area contributed by atoms with Crippen molar-refractivity contribution in [3.05, 3.63) is 29.8 Å². The summed E-state index contributed by atoms with van der Waals surface area (Å²) >= 11 is 0. The van der Waals surface area contributed by atoms with Crippen molar-refractivity contribution in [2.45, 2.75) is 6.42 Å². The van der Waals surface area contributed by atoms with E-state index in [1.54, 1.807) is 0 Å². The average Bonchev–Trinajstić information content (AvgIpc) is 2.82. The highest BCUT2D eigenvalue weighted by Crippen LogP contribution is 2.24. The van der Waals surface area contributed by atoms with Gasteiger partial charge in [0.05, 0.1) is 5.52 Å². The van der Waals surface area contributed by atoms with Gasteiger partial charge in [0, 0.05) is 10.9 Å². The Morgan fingerprint density at radius 3 is 3.07 bits per heavy atom. The highest BCUT2D eigenvalue weighted by molar-refractivity contribution is 5.90. The first kappa shape index (κ1) is 8.43. The van der Waals surface area contributed by atoms with Crippen LogP contribution >= 0.6 is 0 Å². The molecule has 0 atom stereocenters. The second kappa shape index (κ2) is 3.06. The summed E-state index contributed by atoms with van der Waals surface area (Å²) in [4.78, 5) is 0. The summed E-state index contributed by atoms with van der Waals surface area (Å²) < 4.78 is 1.89. The molecule has 3 aromatic rings. The van der Waals surface area contributed by atoms with Crippen LogP contribution in [0.5, 0.6) is 0 Å². The fourth-order valence-corrected chi connectivity index (χ4v) is 2.00. The van der Waals surface area contributed by atoms with Crippen LogP contribution in [0.25, 0.3) is 16.6 Å². The lowest BCUT2D eigenvalue weighted by atomic mass is 10.1. The standard InChI is InChI=1S/C10H11N5/c11-6-5-8-7-3-1-2-4-9(7)15-10(8)12-13-14-15/h1-4H,5-6,11H2,(H,12,14). The van der Waals surface area contributed by atoms with Crippen LogP contribution in [-0.4, -0.2) is 26.6 Å². The predicted octanol–water partition coefficient (Wildman–Crippen LogP) is 0.712. The number of hydrogen-bond donors (Lipinski definition) is 2. The van der Waals surface area contributed by atoms with Crippen molar-refractivity contribution in [2.24, 2.45) is 5.73 Å². The van der Waals surface area contributed by atoms with E-state index in [0.29, 0.717) is 6.54 Å². The number of para-hydroxylation sites is 1. The molecule has 0 bridgehead atoms. The Morgan fingerprint density at radius 1 is 1.33 bits per heavy atom. The highest BCUT2D eigenvalue weighted by atomic mass is 15.5. The first-order valence-corrected chi connectivity index (χ1v) is 4.91. The normalized spacial score (nSPS) is 11.5. The van der Waals surface area contributed by atoms with E-state index in [-0.39, 0.29) is 0 Å². The van der Waals surface area contributed by atoms with E-state index >= 15 is 0 Å². The van der Waals surface area contributed by atoms with Gasteiger partial charge >= 0.3 is 0 Å². The summed E-state index contributed by atoms with van der Waals surface area (Å²) in [6, 6.07) is 8.15. The Bertz CT molecular complexity index is 606. The molecule has 0 radical (unpaired) electrons. The van der Waals surface area contributed by atoms with Crippen LogP contribution in [0.3, 0.4) is 0 Å². The zero-order chi connectivity index (χ0) is 10.3. The number of benzene rings is 1. The van der Waals surface area contributed by atoms with Gasteiger partial charge in [0.25, 0.3) is 0 Å². The van der Waals surface area contributed by atoms with Crippen LogP contribution in [0.2, 0.25) is 0 Å². The Hall–Kier alpha value is -1.88. The molecule has 3 rings (SSSR count). The van der Waals surface area contributed by atoms with Crippen molar-refractivity contribution < 1.29 is 0 Å². The fraction of sp³-hybridized carbons (Fsp3) is 0.200. The van der Waals surface area contributed by atoms with Gasteiger partial charge in [-0.1, -0.05) is 23.4 Å². The molecule has 0 amide bonds. The fourth-order valence-electron chi connectivity index (χ4n) is 2.00. The molecule has 0 aliphatic heterocycles. The largest absolute Gasteiger partial charge is 0.330 e. The molecular formula is C10H11N5. The van der Waals surface area contributed by atoms with Gasteiger partial charge in [-0.15, -0.1) is 5.10 Å². The molecule has 0 spiro atoms. The van der Waals surface area contributed by atoms with E-state index in [1.165, 1.54) is 10.9 Å². The monoisotopic (exact) mass is 201 g/mol. The number of hydrogen-bond acceptors (Lipinski definition) is 3. The van der Waals surface area contributed by atoms with Gasteiger partial charge in [-0.3, -0.25) is 0 Å². The van der Waals surface area contributed by atoms with Crippen LogP contribution in [-0.2, 0) is 6.42 Å². The van der Waals surface area contributed by atoms with Crippen LogP contribution < -0.4 is 5.73 Å². The SMILES string of the molecule is NCCc1c2ccccc2n2[nH]nnc12. The summed E-state index contributed by atoms with van der Waals surface area (Å²) in [6.45, 7) is 0.622. The highest BCUT2D eigenvalue weighted by Gasteiger charge is 2.12. The summed E-state index contributed by atoms with van der Waals surface area (Å²) in [5.74, 6) is 0. The third-order valence-electron chi connectivity index (χ3n) is 2.64. The van der Waals surface area contributed by atoms with Gasteiger partial charge in [0.1, 0.15) is 0 Å². The number of nitrogens with zero attached hydrogens (tertiary/aromatic N) is 3. The summed E-state index contributed by atoms with van der Waals surface area (Å²) in [6.07, 6.45) is 0.823. The van der Waals surface area contributed by atoms with Crippen molar-refractivity contribution in [3.63, 3.8) is 0 Å². The van der Waals surface area contributed by atoms with Gasteiger partial charge < -0.3 is 5.73 Å². The van der Waals surface area contributed by atoms with Crippen LogP contribution in [0.1, 0.15) is 5.56 Å². The molecule has 5 heteroatoms. The molecular weight excluding hydrogens is 190 g/mol. The van der Waals surface area contributed by atoms with Gasteiger partial charge in [0.15, 0.2) is 5.65 Å². The second-order valence-corrected chi connectivity index (χ2v) is 3.49. The van der Waals surface area contributed by atoms with Crippen molar-refractivity contribution in [3.8, 4) is 0 Å². The Labute approximate surface area is 85.9 Å². The van der Waals surface area contributed by atoms with Crippen LogP contribution in [0, 0.1) is 0 Å². The average molecular weight is 201 g/mol. The molecule has 2 heterocycles. The maximum Gasteiger partial charge on any atom is 0.181 e. The quantitative estimate of drug-likeness (QED) is 0.641. The number of H-pyrrole nitrogens is 1. The van der Waals surface area contributed by atoms with Gasteiger partial charge in [-0.2, -0.15) is 5.21 Å². The summed E-state index contributed by atoms with van der Waals surface area (Å²) in [5.41, 5.74) is 8.75. The third-order valence-corrected chi connectivity index (χ3v) is 2.64. The number of aromatic amines is 1. The van der Waals surface area contributed by atoms with Crippen LogP contribution in [0.15, 0.2) is 24.3 Å². The zero-order valence-corrected chi connectivity index (χ0v) is 8.14. The molecule has 3 N–H and O–H groups in total. The lowest BCUT2D eigenvalue weighted by Crippen LogP contribution is -2.02. The zero-order valence-electron chi connectivity index (χ0n) is 8.14. The predicted molar refractivity (Wildman–Crippen MR) is 57.6 cm³/mol. The maximum absolute atomic E-state index is 5.60. The molecule has 76 valence electrons. The number of nitrogens with one attached hydrogen (secondary N) is 1. The molecule has 0 unspecified atom stereocenters. The van der Waals surface area contributed by atoms with Crippen molar-refractivity contribution in [2.75, 3.05) is 6.54 Å². The van der Waals surface area contributed by atoms with E-state index < -0.39 is 0 Å². The molecule has 0 saturated heterocycles. The minimum Gasteiger partial charge on any atom is -0.330 e. The smallest absolute Gasteiger partial charge is 0.181 e. The summed E-state index contributed by atoms with van der Waals surface area (Å²) in [5, 5.41) is 11.9. The van der Waals surface area contributed by atoms with Crippen LogP contribution in [0.4, 0.5) is 0 Å². The molecule has 1 aromatic carbocycles. The molecule has 0 saturated carbocycles. The number of rotatable bonds is 2. The van der Waals surface area contributed by atoms with E-state index in [4.69, 9.17) is 5.73 Å². The third kappa shape index (κ3) is 1.07.